The van der Waals surface area contributed by atoms with Crippen LogP contribution in [0.1, 0.15) is 15.9 Å². The third-order valence-corrected chi connectivity index (χ3v) is 3.28. The zero-order chi connectivity index (χ0) is 16.2. The lowest BCUT2D eigenvalue weighted by atomic mass is 10.1. The summed E-state index contributed by atoms with van der Waals surface area (Å²) < 4.78 is 10.6. The minimum atomic E-state index is -0.344. The van der Waals surface area contributed by atoms with Crippen LogP contribution in [-0.4, -0.2) is 23.2 Å². The summed E-state index contributed by atoms with van der Waals surface area (Å²) in [5.74, 6) is 0.609. The van der Waals surface area contributed by atoms with Gasteiger partial charge in [0.25, 0.3) is 5.91 Å². The van der Waals surface area contributed by atoms with E-state index in [-0.39, 0.29) is 11.9 Å². The molecule has 1 amide bonds. The highest BCUT2D eigenvalue weighted by atomic mass is 16.5. The summed E-state index contributed by atoms with van der Waals surface area (Å²) in [5, 5.41) is 10.4. The SMILES string of the molecule is COc1cccc(C(=O)Nc2nnc(-c3ccc(C)cc3)o2)c1. The van der Waals surface area contributed by atoms with Gasteiger partial charge in [0.05, 0.1) is 7.11 Å². The minimum Gasteiger partial charge on any atom is -0.497 e. The Kier molecular flexibility index (Phi) is 4.05. The van der Waals surface area contributed by atoms with E-state index in [1.165, 1.54) is 0 Å². The van der Waals surface area contributed by atoms with Crippen LogP contribution in [0, 0.1) is 6.92 Å². The normalized spacial score (nSPS) is 10.3. The molecule has 0 saturated heterocycles. The van der Waals surface area contributed by atoms with Crippen molar-refractivity contribution in [3.05, 3.63) is 59.7 Å². The van der Waals surface area contributed by atoms with Gasteiger partial charge < -0.3 is 9.15 Å². The van der Waals surface area contributed by atoms with E-state index >= 15 is 0 Å². The molecule has 1 heterocycles. The van der Waals surface area contributed by atoms with Gasteiger partial charge in [-0.15, -0.1) is 5.10 Å². The Balaban J connectivity index is 1.75. The second kappa shape index (κ2) is 6.31. The molecule has 6 heteroatoms. The second-order valence-electron chi connectivity index (χ2n) is 4.96. The van der Waals surface area contributed by atoms with Gasteiger partial charge in [-0.25, -0.2) is 0 Å². The standard InChI is InChI=1S/C17H15N3O3/c1-11-6-8-12(9-7-11)16-19-20-17(23-16)18-15(21)13-4-3-5-14(10-13)22-2/h3-10H,1-2H3,(H,18,20,21). The lowest BCUT2D eigenvalue weighted by Gasteiger charge is -2.03. The maximum Gasteiger partial charge on any atom is 0.322 e. The van der Waals surface area contributed by atoms with Crippen molar-refractivity contribution in [3.63, 3.8) is 0 Å². The van der Waals surface area contributed by atoms with Gasteiger partial charge in [0.15, 0.2) is 0 Å². The summed E-state index contributed by atoms with van der Waals surface area (Å²) in [6.07, 6.45) is 0. The molecule has 0 fully saturated rings. The summed E-state index contributed by atoms with van der Waals surface area (Å²) in [6.45, 7) is 2.00. The number of amides is 1. The number of aryl methyl sites for hydroxylation is 1. The molecule has 2 aromatic carbocycles. The molecule has 0 bridgehead atoms. The molecule has 1 N–H and O–H groups in total. The molecule has 1 aromatic heterocycles. The van der Waals surface area contributed by atoms with Crippen LogP contribution < -0.4 is 10.1 Å². The van der Waals surface area contributed by atoms with Crippen LogP contribution in [0.25, 0.3) is 11.5 Å². The number of hydrogen-bond acceptors (Lipinski definition) is 5. The smallest absolute Gasteiger partial charge is 0.322 e. The van der Waals surface area contributed by atoms with Crippen molar-refractivity contribution in [2.75, 3.05) is 12.4 Å². The van der Waals surface area contributed by atoms with Crippen LogP contribution in [0.3, 0.4) is 0 Å². The fraction of sp³-hybridized carbons (Fsp3) is 0.118. The Hall–Kier alpha value is -3.15. The van der Waals surface area contributed by atoms with Crippen molar-refractivity contribution in [1.29, 1.82) is 0 Å². The number of methoxy groups -OCH3 is 1. The van der Waals surface area contributed by atoms with Gasteiger partial charge in [0, 0.05) is 11.1 Å². The van der Waals surface area contributed by atoms with Crippen molar-refractivity contribution in [1.82, 2.24) is 10.2 Å². The summed E-state index contributed by atoms with van der Waals surface area (Å²) in [6, 6.07) is 14.5. The fourth-order valence-corrected chi connectivity index (χ4v) is 2.02. The Morgan fingerprint density at radius 1 is 1.13 bits per heavy atom. The first kappa shape index (κ1) is 14.8. The van der Waals surface area contributed by atoms with E-state index in [1.807, 2.05) is 31.2 Å². The van der Waals surface area contributed by atoms with Gasteiger partial charge >= 0.3 is 6.01 Å². The predicted octanol–water partition coefficient (Wildman–Crippen LogP) is 3.31. The lowest BCUT2D eigenvalue weighted by molar-refractivity contribution is 0.102. The second-order valence-corrected chi connectivity index (χ2v) is 4.96. The van der Waals surface area contributed by atoms with Gasteiger partial charge in [-0.3, -0.25) is 10.1 Å². The highest BCUT2D eigenvalue weighted by Gasteiger charge is 2.13. The third kappa shape index (κ3) is 3.37. The summed E-state index contributed by atoms with van der Waals surface area (Å²) in [5.41, 5.74) is 2.38. The summed E-state index contributed by atoms with van der Waals surface area (Å²) >= 11 is 0. The lowest BCUT2D eigenvalue weighted by Crippen LogP contribution is -2.12. The number of benzene rings is 2. The first-order valence-electron chi connectivity index (χ1n) is 7.01. The Morgan fingerprint density at radius 2 is 1.91 bits per heavy atom. The number of nitrogens with zero attached hydrogens (tertiary/aromatic N) is 2. The van der Waals surface area contributed by atoms with E-state index in [1.54, 1.807) is 31.4 Å². The number of ether oxygens (including phenoxy) is 1. The van der Waals surface area contributed by atoms with Crippen molar-refractivity contribution in [2.24, 2.45) is 0 Å². The highest BCUT2D eigenvalue weighted by Crippen LogP contribution is 2.21. The maximum absolute atomic E-state index is 12.2. The quantitative estimate of drug-likeness (QED) is 0.800. The average Bonchev–Trinajstić information content (AvgIpc) is 3.04. The van der Waals surface area contributed by atoms with E-state index in [0.29, 0.717) is 17.2 Å². The zero-order valence-corrected chi connectivity index (χ0v) is 12.7. The van der Waals surface area contributed by atoms with Crippen LogP contribution in [0.2, 0.25) is 0 Å². The van der Waals surface area contributed by atoms with E-state index in [4.69, 9.17) is 9.15 Å². The molecule has 0 unspecified atom stereocenters. The molecule has 0 saturated carbocycles. The molecule has 0 radical (unpaired) electrons. The van der Waals surface area contributed by atoms with Gasteiger partial charge in [0.1, 0.15) is 5.75 Å². The van der Waals surface area contributed by atoms with E-state index in [9.17, 15) is 4.79 Å². The largest absolute Gasteiger partial charge is 0.497 e. The Bertz CT molecular complexity index is 825. The first-order chi connectivity index (χ1) is 11.2. The average molecular weight is 309 g/mol. The number of aromatic nitrogens is 2. The monoisotopic (exact) mass is 309 g/mol. The Morgan fingerprint density at radius 3 is 2.65 bits per heavy atom. The van der Waals surface area contributed by atoms with Gasteiger partial charge in [0.2, 0.25) is 5.89 Å². The minimum absolute atomic E-state index is 0.0494. The molecule has 0 aliphatic heterocycles. The number of nitrogens with one attached hydrogen (secondary N) is 1. The van der Waals surface area contributed by atoms with E-state index < -0.39 is 0 Å². The number of carbonyl (C=O) groups is 1. The molecule has 23 heavy (non-hydrogen) atoms. The van der Waals surface area contributed by atoms with Crippen LogP contribution >= 0.6 is 0 Å². The topological polar surface area (TPSA) is 77.2 Å². The molecular formula is C17H15N3O3. The van der Waals surface area contributed by atoms with E-state index in [0.717, 1.165) is 11.1 Å². The maximum atomic E-state index is 12.2. The Labute approximate surface area is 133 Å². The van der Waals surface area contributed by atoms with Crippen molar-refractivity contribution >= 4 is 11.9 Å². The van der Waals surface area contributed by atoms with Crippen LogP contribution in [0.4, 0.5) is 6.01 Å². The van der Waals surface area contributed by atoms with Crippen molar-refractivity contribution in [2.45, 2.75) is 6.92 Å². The molecule has 3 rings (SSSR count). The number of anilines is 1. The van der Waals surface area contributed by atoms with Crippen LogP contribution in [0.15, 0.2) is 52.9 Å². The number of carbonyl (C=O) groups excluding carboxylic acids is 1. The first-order valence-corrected chi connectivity index (χ1v) is 7.01. The van der Waals surface area contributed by atoms with Gasteiger partial charge in [-0.2, -0.15) is 0 Å². The summed E-state index contributed by atoms with van der Waals surface area (Å²) in [7, 11) is 1.54. The molecule has 0 aliphatic rings. The van der Waals surface area contributed by atoms with Gasteiger partial charge in [-0.1, -0.05) is 28.9 Å². The number of hydrogen-bond donors (Lipinski definition) is 1. The third-order valence-electron chi connectivity index (χ3n) is 3.28. The fourth-order valence-electron chi connectivity index (χ4n) is 2.02. The van der Waals surface area contributed by atoms with Gasteiger partial charge in [-0.05, 0) is 37.3 Å². The van der Waals surface area contributed by atoms with Crippen LogP contribution in [-0.2, 0) is 0 Å². The highest BCUT2D eigenvalue weighted by molar-refractivity contribution is 6.03. The molecule has 0 aliphatic carbocycles. The number of rotatable bonds is 4. The van der Waals surface area contributed by atoms with E-state index in [2.05, 4.69) is 15.5 Å². The predicted molar refractivity (Wildman–Crippen MR) is 85.4 cm³/mol. The molecular weight excluding hydrogens is 294 g/mol. The van der Waals surface area contributed by atoms with Crippen molar-refractivity contribution < 1.29 is 13.9 Å². The molecule has 0 spiro atoms. The molecule has 0 atom stereocenters. The van der Waals surface area contributed by atoms with Crippen molar-refractivity contribution in [3.8, 4) is 17.2 Å². The molecule has 116 valence electrons. The zero-order valence-electron chi connectivity index (χ0n) is 12.7. The molecule has 3 aromatic rings. The molecule has 6 nitrogen and oxygen atoms in total. The summed E-state index contributed by atoms with van der Waals surface area (Å²) in [4.78, 5) is 12.2. The van der Waals surface area contributed by atoms with Crippen LogP contribution in [0.5, 0.6) is 5.75 Å².